The molecule has 0 saturated carbocycles. The van der Waals surface area contributed by atoms with E-state index in [2.05, 4.69) is 36.2 Å². The fraction of sp³-hybridized carbons (Fsp3) is 0.417. The largest absolute Gasteiger partial charge is 0.496 e. The van der Waals surface area contributed by atoms with Crippen LogP contribution < -0.4 is 9.64 Å². The van der Waals surface area contributed by atoms with Crippen molar-refractivity contribution in [2.75, 3.05) is 19.1 Å². The van der Waals surface area contributed by atoms with Gasteiger partial charge in [-0.1, -0.05) is 6.07 Å². The van der Waals surface area contributed by atoms with Gasteiger partial charge in [0, 0.05) is 13.1 Å². The number of hydrogen-bond acceptors (Lipinski definition) is 4. The number of methoxy groups -OCH3 is 1. The van der Waals surface area contributed by atoms with Gasteiger partial charge in [0.1, 0.15) is 5.75 Å². The highest BCUT2D eigenvalue weighted by molar-refractivity contribution is 7.13. The molecule has 3 nitrogen and oxygen atoms in total. The molecule has 2 aromatic rings. The van der Waals surface area contributed by atoms with Gasteiger partial charge in [-0.05, 0) is 37.5 Å². The third-order valence-electron chi connectivity index (χ3n) is 2.77. The van der Waals surface area contributed by atoms with Crippen LogP contribution in [-0.4, -0.2) is 24.6 Å². The number of anilines is 1. The summed E-state index contributed by atoms with van der Waals surface area (Å²) < 4.78 is 11.1. The van der Waals surface area contributed by atoms with Gasteiger partial charge in [-0.15, -0.1) is 0 Å². The number of hydrogen-bond donors (Lipinski definition) is 0. The van der Waals surface area contributed by atoms with Crippen molar-refractivity contribution in [1.82, 2.24) is 4.37 Å². The highest BCUT2D eigenvalue weighted by atomic mass is 32.1. The average molecular weight is 236 g/mol. The predicted molar refractivity (Wildman–Crippen MR) is 69.7 cm³/mol. The summed E-state index contributed by atoms with van der Waals surface area (Å²) in [4.78, 5) is 2.17. The smallest absolute Gasteiger partial charge is 0.153 e. The molecule has 0 aliphatic carbocycles. The van der Waals surface area contributed by atoms with E-state index >= 15 is 0 Å². The second-order valence-electron chi connectivity index (χ2n) is 4.04. The van der Waals surface area contributed by atoms with Gasteiger partial charge >= 0.3 is 0 Å². The molecule has 2 rings (SSSR count). The van der Waals surface area contributed by atoms with Crippen molar-refractivity contribution in [2.24, 2.45) is 0 Å². The lowest BCUT2D eigenvalue weighted by Gasteiger charge is -2.21. The number of nitrogens with zero attached hydrogens (tertiary/aromatic N) is 2. The minimum Gasteiger partial charge on any atom is -0.496 e. The predicted octanol–water partition coefficient (Wildman–Crippen LogP) is 3.15. The molecule has 1 aromatic heterocycles. The first-order valence-corrected chi connectivity index (χ1v) is 6.07. The van der Waals surface area contributed by atoms with E-state index in [1.165, 1.54) is 16.2 Å². The highest BCUT2D eigenvalue weighted by Crippen LogP contribution is 2.36. The Bertz CT molecular complexity index is 493. The molecule has 0 unspecified atom stereocenters. The molecule has 4 heteroatoms. The zero-order valence-corrected chi connectivity index (χ0v) is 10.8. The van der Waals surface area contributed by atoms with Gasteiger partial charge in [0.2, 0.25) is 0 Å². The first-order chi connectivity index (χ1) is 7.65. The van der Waals surface area contributed by atoms with Gasteiger partial charge in [0.15, 0.2) is 5.82 Å². The molecule has 0 atom stereocenters. The molecular weight excluding hydrogens is 220 g/mol. The first-order valence-electron chi connectivity index (χ1n) is 5.30. The fourth-order valence-electron chi connectivity index (χ4n) is 1.60. The number of aromatic nitrogens is 1. The van der Waals surface area contributed by atoms with Crippen LogP contribution in [0.5, 0.6) is 5.75 Å². The SMILES string of the molecule is COc1cccc2snc(N(C)C(C)C)c12. The monoisotopic (exact) mass is 236 g/mol. The lowest BCUT2D eigenvalue weighted by atomic mass is 10.2. The minimum absolute atomic E-state index is 0.426. The molecule has 1 heterocycles. The van der Waals surface area contributed by atoms with Crippen LogP contribution in [0.4, 0.5) is 5.82 Å². The molecule has 0 aliphatic heterocycles. The summed E-state index contributed by atoms with van der Waals surface area (Å²) >= 11 is 1.52. The molecule has 1 aromatic carbocycles. The second-order valence-corrected chi connectivity index (χ2v) is 4.85. The molecule has 16 heavy (non-hydrogen) atoms. The quantitative estimate of drug-likeness (QED) is 0.818. The van der Waals surface area contributed by atoms with E-state index in [-0.39, 0.29) is 0 Å². The van der Waals surface area contributed by atoms with Crippen LogP contribution in [0.3, 0.4) is 0 Å². The van der Waals surface area contributed by atoms with E-state index < -0.39 is 0 Å². The zero-order valence-electron chi connectivity index (χ0n) is 10.0. The molecule has 0 N–H and O–H groups in total. The van der Waals surface area contributed by atoms with Gasteiger partial charge in [0.05, 0.1) is 17.2 Å². The summed E-state index contributed by atoms with van der Waals surface area (Å²) in [7, 11) is 3.76. The van der Waals surface area contributed by atoms with E-state index in [0.29, 0.717) is 6.04 Å². The van der Waals surface area contributed by atoms with Gasteiger partial charge in [0.25, 0.3) is 0 Å². The lowest BCUT2D eigenvalue weighted by Crippen LogP contribution is -2.25. The molecule has 0 fully saturated rings. The number of benzene rings is 1. The van der Waals surface area contributed by atoms with Crippen molar-refractivity contribution in [3.05, 3.63) is 18.2 Å². The van der Waals surface area contributed by atoms with Crippen molar-refractivity contribution >= 4 is 27.4 Å². The Balaban J connectivity index is 2.62. The summed E-state index contributed by atoms with van der Waals surface area (Å²) in [5, 5.41) is 1.12. The minimum atomic E-state index is 0.426. The summed E-state index contributed by atoms with van der Waals surface area (Å²) in [5.74, 6) is 1.90. The number of fused-ring (bicyclic) bond motifs is 1. The van der Waals surface area contributed by atoms with E-state index in [0.717, 1.165) is 17.0 Å². The third-order valence-corrected chi connectivity index (χ3v) is 3.57. The Labute approximate surface area is 99.8 Å². The van der Waals surface area contributed by atoms with Crippen LogP contribution in [0.2, 0.25) is 0 Å². The van der Waals surface area contributed by atoms with Gasteiger partial charge in [-0.2, -0.15) is 4.37 Å². The van der Waals surface area contributed by atoms with Crippen molar-refractivity contribution in [3.8, 4) is 5.75 Å². The third kappa shape index (κ3) is 1.73. The maximum Gasteiger partial charge on any atom is 0.153 e. The van der Waals surface area contributed by atoms with Gasteiger partial charge in [-0.3, -0.25) is 0 Å². The Morgan fingerprint density at radius 3 is 2.75 bits per heavy atom. The van der Waals surface area contributed by atoms with Crippen molar-refractivity contribution in [1.29, 1.82) is 0 Å². The molecule has 0 saturated heterocycles. The summed E-state index contributed by atoms with van der Waals surface area (Å²) in [6.45, 7) is 4.31. The topological polar surface area (TPSA) is 25.4 Å². The summed E-state index contributed by atoms with van der Waals surface area (Å²) in [6, 6.07) is 6.48. The fourth-order valence-corrected chi connectivity index (χ4v) is 2.43. The summed E-state index contributed by atoms with van der Waals surface area (Å²) in [5.41, 5.74) is 0. The van der Waals surface area contributed by atoms with Crippen molar-refractivity contribution < 1.29 is 4.74 Å². The van der Waals surface area contributed by atoms with Crippen LogP contribution in [0.1, 0.15) is 13.8 Å². The zero-order chi connectivity index (χ0) is 11.7. The van der Waals surface area contributed by atoms with Crippen LogP contribution >= 0.6 is 11.5 Å². The number of ether oxygens (including phenoxy) is 1. The Morgan fingerprint density at radius 2 is 2.12 bits per heavy atom. The van der Waals surface area contributed by atoms with Crippen molar-refractivity contribution in [3.63, 3.8) is 0 Å². The molecular formula is C12H16N2OS. The Morgan fingerprint density at radius 1 is 1.38 bits per heavy atom. The van der Waals surface area contributed by atoms with E-state index in [9.17, 15) is 0 Å². The Kier molecular flexibility index (Phi) is 3.01. The molecule has 0 aliphatic rings. The second kappa shape index (κ2) is 4.29. The maximum atomic E-state index is 5.40. The first kappa shape index (κ1) is 11.2. The molecule has 0 spiro atoms. The molecule has 0 radical (unpaired) electrons. The van der Waals surface area contributed by atoms with Crippen molar-refractivity contribution in [2.45, 2.75) is 19.9 Å². The molecule has 0 bridgehead atoms. The van der Waals surface area contributed by atoms with Crippen LogP contribution in [0.25, 0.3) is 10.1 Å². The van der Waals surface area contributed by atoms with Crippen LogP contribution in [-0.2, 0) is 0 Å². The lowest BCUT2D eigenvalue weighted by molar-refractivity contribution is 0.420. The van der Waals surface area contributed by atoms with E-state index in [1.54, 1.807) is 7.11 Å². The normalized spacial score (nSPS) is 11.1. The van der Waals surface area contributed by atoms with Gasteiger partial charge in [-0.25, -0.2) is 0 Å². The molecule has 86 valence electrons. The summed E-state index contributed by atoms with van der Waals surface area (Å²) in [6.07, 6.45) is 0. The van der Waals surface area contributed by atoms with E-state index in [4.69, 9.17) is 4.74 Å². The maximum absolute atomic E-state index is 5.40. The van der Waals surface area contributed by atoms with Crippen LogP contribution in [0, 0.1) is 0 Å². The average Bonchev–Trinajstić information content (AvgIpc) is 2.71. The van der Waals surface area contributed by atoms with E-state index in [1.807, 2.05) is 12.1 Å². The van der Waals surface area contributed by atoms with Crippen LogP contribution in [0.15, 0.2) is 18.2 Å². The molecule has 0 amide bonds. The standard InChI is InChI=1S/C12H16N2OS/c1-8(2)14(3)12-11-9(15-4)6-5-7-10(11)16-13-12/h5-8H,1-4H3. The Hall–Kier alpha value is -1.29. The van der Waals surface area contributed by atoms with Gasteiger partial charge < -0.3 is 9.64 Å². The number of rotatable bonds is 3. The highest BCUT2D eigenvalue weighted by Gasteiger charge is 2.16.